The van der Waals surface area contributed by atoms with Gasteiger partial charge in [0.2, 0.25) is 0 Å². The molecule has 3 aromatic rings. The monoisotopic (exact) mass is 528 g/mol. The molecular formula is C28H30Cl2N2O4. The molecule has 0 amide bonds. The highest BCUT2D eigenvalue weighted by atomic mass is 35.5. The summed E-state index contributed by atoms with van der Waals surface area (Å²) in [5.74, 6) is 1.01. The number of hydrogen-bond donors (Lipinski definition) is 0. The van der Waals surface area contributed by atoms with E-state index in [1.165, 1.54) is 0 Å². The molecule has 2 aliphatic rings. The Morgan fingerprint density at radius 3 is 2.50 bits per heavy atom. The Morgan fingerprint density at radius 2 is 1.81 bits per heavy atom. The van der Waals surface area contributed by atoms with E-state index < -0.39 is 0 Å². The summed E-state index contributed by atoms with van der Waals surface area (Å²) < 4.78 is 17.3. The predicted octanol–water partition coefficient (Wildman–Crippen LogP) is 7.28. The summed E-state index contributed by atoms with van der Waals surface area (Å²) in [6.45, 7) is 4.43. The molecule has 36 heavy (non-hydrogen) atoms. The van der Waals surface area contributed by atoms with Crippen molar-refractivity contribution >= 4 is 34.9 Å². The van der Waals surface area contributed by atoms with Gasteiger partial charge in [-0.2, -0.15) is 0 Å². The van der Waals surface area contributed by atoms with Crippen molar-refractivity contribution in [2.45, 2.75) is 57.7 Å². The molecule has 2 fully saturated rings. The van der Waals surface area contributed by atoms with Gasteiger partial charge < -0.3 is 18.9 Å². The van der Waals surface area contributed by atoms with E-state index in [9.17, 15) is 4.79 Å². The van der Waals surface area contributed by atoms with Gasteiger partial charge in [0.1, 0.15) is 11.5 Å². The molecule has 2 aromatic carbocycles. The van der Waals surface area contributed by atoms with E-state index >= 15 is 0 Å². The lowest BCUT2D eigenvalue weighted by atomic mass is 10.0. The van der Waals surface area contributed by atoms with Gasteiger partial charge in [0.15, 0.2) is 0 Å². The Morgan fingerprint density at radius 1 is 1.06 bits per heavy atom. The number of carbonyl (C=O) groups excluding carboxylic acids is 1. The lowest BCUT2D eigenvalue weighted by molar-refractivity contribution is 0.0328. The Kier molecular flexibility index (Phi) is 7.85. The standard InChI is InChI=1S/C28H30Cl2N2O4/c1-2-34-28(33)19-10-12-20(13-11-19)32-15-4-5-21(14-16-32)35-17-22-26(31-36-27(22)18-8-9-18)25-23(29)6-3-7-24(25)30/h3,6-7,10-13,18,21H,2,4-5,8-9,14-17H2,1H3. The van der Waals surface area contributed by atoms with Gasteiger partial charge in [-0.15, -0.1) is 0 Å². The first kappa shape index (κ1) is 25.1. The van der Waals surface area contributed by atoms with Crippen molar-refractivity contribution in [1.29, 1.82) is 0 Å². The molecule has 1 saturated carbocycles. The average molecular weight is 529 g/mol. The lowest BCUT2D eigenvalue weighted by Gasteiger charge is -2.23. The number of esters is 1. The highest BCUT2D eigenvalue weighted by molar-refractivity contribution is 6.39. The van der Waals surface area contributed by atoms with Gasteiger partial charge >= 0.3 is 5.97 Å². The first-order valence-electron chi connectivity index (χ1n) is 12.6. The molecule has 5 rings (SSSR count). The molecule has 2 heterocycles. The molecule has 190 valence electrons. The fraction of sp³-hybridized carbons (Fsp3) is 0.429. The summed E-state index contributed by atoms with van der Waals surface area (Å²) in [5, 5.41) is 5.48. The molecule has 0 N–H and O–H groups in total. The molecule has 0 bridgehead atoms. The average Bonchev–Trinajstić information content (AvgIpc) is 3.68. The van der Waals surface area contributed by atoms with Crippen LogP contribution in [0.2, 0.25) is 10.0 Å². The van der Waals surface area contributed by atoms with Crippen LogP contribution in [0.5, 0.6) is 0 Å². The van der Waals surface area contributed by atoms with E-state index in [2.05, 4.69) is 10.1 Å². The van der Waals surface area contributed by atoms with Crippen LogP contribution >= 0.6 is 23.2 Å². The van der Waals surface area contributed by atoms with E-state index in [-0.39, 0.29) is 12.1 Å². The van der Waals surface area contributed by atoms with Gasteiger partial charge in [-0.1, -0.05) is 34.4 Å². The second-order valence-electron chi connectivity index (χ2n) is 9.36. The van der Waals surface area contributed by atoms with Crippen LogP contribution in [-0.2, 0) is 16.1 Å². The molecule has 1 aromatic heterocycles. The number of ether oxygens (including phenoxy) is 2. The molecular weight excluding hydrogens is 499 g/mol. The summed E-state index contributed by atoms with van der Waals surface area (Å²) in [6, 6.07) is 13.1. The minimum Gasteiger partial charge on any atom is -0.462 e. The Labute approximate surface area is 221 Å². The first-order chi connectivity index (χ1) is 17.5. The zero-order valence-electron chi connectivity index (χ0n) is 20.3. The first-order valence-corrected chi connectivity index (χ1v) is 13.4. The number of rotatable bonds is 8. The van der Waals surface area contributed by atoms with Gasteiger partial charge in [-0.3, -0.25) is 0 Å². The molecule has 0 spiro atoms. The third-order valence-corrected chi connectivity index (χ3v) is 7.48. The van der Waals surface area contributed by atoms with Gasteiger partial charge in [0.25, 0.3) is 0 Å². The molecule has 6 nitrogen and oxygen atoms in total. The largest absolute Gasteiger partial charge is 0.462 e. The highest BCUT2D eigenvalue weighted by Crippen LogP contribution is 2.46. The van der Waals surface area contributed by atoms with Crippen LogP contribution < -0.4 is 4.90 Å². The van der Waals surface area contributed by atoms with Crippen LogP contribution in [0.15, 0.2) is 47.0 Å². The normalized spacial score (nSPS) is 18.2. The molecule has 1 saturated heterocycles. The van der Waals surface area contributed by atoms with E-state index in [1.54, 1.807) is 0 Å². The third kappa shape index (κ3) is 5.56. The van der Waals surface area contributed by atoms with Gasteiger partial charge in [-0.25, -0.2) is 4.79 Å². The van der Waals surface area contributed by atoms with Crippen LogP contribution in [0.4, 0.5) is 5.69 Å². The second-order valence-corrected chi connectivity index (χ2v) is 10.2. The zero-order chi connectivity index (χ0) is 25.1. The topological polar surface area (TPSA) is 64.8 Å². The highest BCUT2D eigenvalue weighted by Gasteiger charge is 2.34. The second kappa shape index (κ2) is 11.2. The molecule has 1 unspecified atom stereocenters. The number of nitrogens with zero attached hydrogens (tertiary/aromatic N) is 2. The van der Waals surface area contributed by atoms with Crippen LogP contribution in [0.25, 0.3) is 11.3 Å². The molecule has 1 atom stereocenters. The Hall–Kier alpha value is -2.54. The number of benzene rings is 2. The maximum atomic E-state index is 11.9. The number of carbonyl (C=O) groups is 1. The Bertz CT molecular complexity index is 1190. The van der Waals surface area contributed by atoms with Crippen molar-refractivity contribution in [3.8, 4) is 11.3 Å². The minimum atomic E-state index is -0.287. The fourth-order valence-electron chi connectivity index (χ4n) is 4.76. The van der Waals surface area contributed by atoms with Crippen LogP contribution in [0.3, 0.4) is 0 Å². The van der Waals surface area contributed by atoms with Crippen molar-refractivity contribution in [2.24, 2.45) is 0 Å². The van der Waals surface area contributed by atoms with Crippen molar-refractivity contribution in [2.75, 3.05) is 24.6 Å². The smallest absolute Gasteiger partial charge is 0.338 e. The van der Waals surface area contributed by atoms with Gasteiger partial charge in [-0.05, 0) is 75.4 Å². The summed E-state index contributed by atoms with van der Waals surface area (Å²) in [5.41, 5.74) is 4.03. The molecule has 1 aliphatic carbocycles. The maximum absolute atomic E-state index is 11.9. The van der Waals surface area contributed by atoms with Crippen LogP contribution in [0.1, 0.15) is 66.6 Å². The Balaban J connectivity index is 1.25. The van der Waals surface area contributed by atoms with Crippen LogP contribution in [0, 0.1) is 0 Å². The molecule has 0 radical (unpaired) electrons. The summed E-state index contributed by atoms with van der Waals surface area (Å²) in [4.78, 5) is 14.3. The van der Waals surface area contributed by atoms with Crippen LogP contribution in [-0.4, -0.2) is 36.9 Å². The predicted molar refractivity (Wildman–Crippen MR) is 141 cm³/mol. The van der Waals surface area contributed by atoms with Crippen molar-refractivity contribution in [3.05, 3.63) is 69.4 Å². The van der Waals surface area contributed by atoms with E-state index in [4.69, 9.17) is 37.2 Å². The van der Waals surface area contributed by atoms with E-state index in [1.807, 2.05) is 49.4 Å². The van der Waals surface area contributed by atoms with Crippen molar-refractivity contribution in [3.63, 3.8) is 0 Å². The minimum absolute atomic E-state index is 0.130. The molecule has 8 heteroatoms. The summed E-state index contributed by atoms with van der Waals surface area (Å²) in [6.07, 6.45) is 5.24. The van der Waals surface area contributed by atoms with E-state index in [0.717, 1.165) is 62.2 Å². The SMILES string of the molecule is CCOC(=O)c1ccc(N2CCCC(OCc3c(-c4c(Cl)cccc4Cl)noc3C3CC3)CC2)cc1. The third-order valence-electron chi connectivity index (χ3n) is 6.85. The number of hydrogen-bond acceptors (Lipinski definition) is 6. The quantitative estimate of drug-likeness (QED) is 0.286. The zero-order valence-corrected chi connectivity index (χ0v) is 21.9. The van der Waals surface area contributed by atoms with Gasteiger partial charge in [0, 0.05) is 35.8 Å². The number of aromatic nitrogens is 1. The summed E-state index contributed by atoms with van der Waals surface area (Å²) >= 11 is 13.0. The maximum Gasteiger partial charge on any atom is 0.338 e. The summed E-state index contributed by atoms with van der Waals surface area (Å²) in [7, 11) is 0. The van der Waals surface area contributed by atoms with Crippen molar-refractivity contribution < 1.29 is 18.8 Å². The number of anilines is 1. The van der Waals surface area contributed by atoms with Gasteiger partial charge in [0.05, 0.1) is 34.9 Å². The van der Waals surface area contributed by atoms with E-state index in [0.29, 0.717) is 46.0 Å². The molecule has 1 aliphatic heterocycles. The fourth-order valence-corrected chi connectivity index (χ4v) is 5.34. The number of halogens is 2. The van der Waals surface area contributed by atoms with Crippen molar-refractivity contribution in [1.82, 2.24) is 5.16 Å². The lowest BCUT2D eigenvalue weighted by Crippen LogP contribution is -2.25.